The van der Waals surface area contributed by atoms with Gasteiger partial charge in [0, 0.05) is 22.5 Å². The van der Waals surface area contributed by atoms with Crippen molar-refractivity contribution in [2.45, 2.75) is 56.5 Å². The first-order valence-electron chi connectivity index (χ1n) is 8.36. The summed E-state index contributed by atoms with van der Waals surface area (Å²) in [7, 11) is 3.85. The molecule has 0 saturated heterocycles. The van der Waals surface area contributed by atoms with Gasteiger partial charge in [-0.1, -0.05) is 19.1 Å². The summed E-state index contributed by atoms with van der Waals surface area (Å²) in [6, 6.07) is 5.52. The van der Waals surface area contributed by atoms with E-state index in [4.69, 9.17) is 4.74 Å². The standard InChI is InChI=1S/C19H28FNOS/c1-5-15-8-6-7-11-19(2,13-15)21(3)14-16-12-17(23-20)9-10-18(16)22-4/h6,8-10,12,15H,5,7,11,13-14H2,1-4H3. The summed E-state index contributed by atoms with van der Waals surface area (Å²) in [6.45, 7) is 5.37. The predicted octanol–water partition coefficient (Wildman–Crippen LogP) is 5.63. The normalized spacial score (nSPS) is 24.7. The fraction of sp³-hybridized carbons (Fsp3) is 0.579. The van der Waals surface area contributed by atoms with Crippen molar-refractivity contribution in [1.82, 2.24) is 4.90 Å². The van der Waals surface area contributed by atoms with Gasteiger partial charge < -0.3 is 4.74 Å². The van der Waals surface area contributed by atoms with Gasteiger partial charge in [0.25, 0.3) is 0 Å². The highest BCUT2D eigenvalue weighted by molar-refractivity contribution is 7.94. The van der Waals surface area contributed by atoms with Crippen LogP contribution in [0, 0.1) is 5.92 Å². The fourth-order valence-electron chi connectivity index (χ4n) is 3.42. The van der Waals surface area contributed by atoms with Crippen LogP contribution >= 0.6 is 12.1 Å². The lowest BCUT2D eigenvalue weighted by molar-refractivity contribution is 0.0980. The van der Waals surface area contributed by atoms with Crippen molar-refractivity contribution in [1.29, 1.82) is 0 Å². The van der Waals surface area contributed by atoms with Crippen molar-refractivity contribution in [3.05, 3.63) is 35.9 Å². The maximum atomic E-state index is 12.9. The van der Waals surface area contributed by atoms with Crippen LogP contribution in [-0.4, -0.2) is 24.6 Å². The average Bonchev–Trinajstić information content (AvgIpc) is 2.77. The van der Waals surface area contributed by atoms with Crippen LogP contribution < -0.4 is 4.74 Å². The second-order valence-electron chi connectivity index (χ2n) is 6.74. The van der Waals surface area contributed by atoms with E-state index in [1.165, 1.54) is 6.42 Å². The number of rotatable bonds is 6. The second kappa shape index (κ2) is 8.20. The van der Waals surface area contributed by atoms with Gasteiger partial charge in [0.15, 0.2) is 0 Å². The van der Waals surface area contributed by atoms with Gasteiger partial charge in [0.2, 0.25) is 0 Å². The lowest BCUT2D eigenvalue weighted by Crippen LogP contribution is -2.44. The Morgan fingerprint density at radius 3 is 2.87 bits per heavy atom. The van der Waals surface area contributed by atoms with E-state index in [9.17, 15) is 3.89 Å². The number of ether oxygens (including phenoxy) is 1. The third kappa shape index (κ3) is 4.51. The molecule has 0 aromatic heterocycles. The van der Waals surface area contributed by atoms with Gasteiger partial charge in [-0.25, -0.2) is 0 Å². The molecule has 4 heteroatoms. The summed E-state index contributed by atoms with van der Waals surface area (Å²) in [6.07, 6.45) is 9.31. The topological polar surface area (TPSA) is 12.5 Å². The minimum absolute atomic E-state index is 0.147. The largest absolute Gasteiger partial charge is 0.496 e. The maximum absolute atomic E-state index is 12.9. The Labute approximate surface area is 144 Å². The Kier molecular flexibility index (Phi) is 6.54. The summed E-state index contributed by atoms with van der Waals surface area (Å²) in [5.74, 6) is 1.47. The van der Waals surface area contributed by atoms with E-state index in [0.29, 0.717) is 10.8 Å². The Morgan fingerprint density at radius 2 is 2.22 bits per heavy atom. The molecular formula is C19H28FNOS. The van der Waals surface area contributed by atoms with E-state index >= 15 is 0 Å². The molecule has 0 amide bonds. The first kappa shape index (κ1) is 18.3. The van der Waals surface area contributed by atoms with Crippen molar-refractivity contribution < 1.29 is 8.62 Å². The smallest absolute Gasteiger partial charge is 0.123 e. The quantitative estimate of drug-likeness (QED) is 0.624. The summed E-state index contributed by atoms with van der Waals surface area (Å²) >= 11 is 0.287. The average molecular weight is 338 g/mol. The molecule has 0 bridgehead atoms. The molecule has 1 aliphatic carbocycles. The van der Waals surface area contributed by atoms with Crippen LogP contribution in [0.1, 0.15) is 45.1 Å². The van der Waals surface area contributed by atoms with Crippen LogP contribution in [0.25, 0.3) is 0 Å². The number of nitrogens with zero attached hydrogens (tertiary/aromatic N) is 1. The second-order valence-corrected chi connectivity index (χ2v) is 7.37. The molecule has 128 valence electrons. The first-order chi connectivity index (χ1) is 11.0. The fourth-order valence-corrected chi connectivity index (χ4v) is 3.72. The molecule has 0 N–H and O–H groups in total. The third-order valence-electron chi connectivity index (χ3n) is 5.15. The van der Waals surface area contributed by atoms with Crippen molar-refractivity contribution in [3.63, 3.8) is 0 Å². The number of hydrogen-bond donors (Lipinski definition) is 0. The van der Waals surface area contributed by atoms with E-state index in [1.807, 2.05) is 12.1 Å². The summed E-state index contributed by atoms with van der Waals surface area (Å²) < 4.78 is 18.4. The van der Waals surface area contributed by atoms with Gasteiger partial charge in [-0.05, 0) is 63.8 Å². The summed E-state index contributed by atoms with van der Waals surface area (Å²) in [5.41, 5.74) is 1.19. The van der Waals surface area contributed by atoms with E-state index in [2.05, 4.69) is 37.9 Å². The van der Waals surface area contributed by atoms with E-state index < -0.39 is 0 Å². The van der Waals surface area contributed by atoms with Gasteiger partial charge in [-0.2, -0.15) is 3.89 Å². The van der Waals surface area contributed by atoms with Gasteiger partial charge in [0.1, 0.15) is 5.75 Å². The molecule has 2 rings (SSSR count). The number of halogens is 1. The lowest BCUT2D eigenvalue weighted by atomic mass is 9.85. The highest BCUT2D eigenvalue weighted by Gasteiger charge is 2.32. The van der Waals surface area contributed by atoms with E-state index in [0.717, 1.165) is 37.1 Å². The third-order valence-corrected chi connectivity index (χ3v) is 5.59. The van der Waals surface area contributed by atoms with Crippen molar-refractivity contribution >= 4 is 12.1 Å². The number of allylic oxidation sites excluding steroid dienone is 2. The molecule has 1 aromatic carbocycles. The van der Waals surface area contributed by atoms with Gasteiger partial charge >= 0.3 is 0 Å². The Balaban J connectivity index is 2.18. The lowest BCUT2D eigenvalue weighted by Gasteiger charge is -2.40. The molecule has 0 spiro atoms. The highest BCUT2D eigenvalue weighted by atomic mass is 32.2. The molecule has 1 aliphatic rings. The molecule has 0 aliphatic heterocycles. The molecule has 0 heterocycles. The first-order valence-corrected chi connectivity index (χ1v) is 9.07. The number of hydrogen-bond acceptors (Lipinski definition) is 3. The SMILES string of the molecule is CCC1C=CCCC(C)(N(C)Cc2cc(SF)ccc2OC)C1. The molecule has 0 fully saturated rings. The molecule has 0 saturated carbocycles. The van der Waals surface area contributed by atoms with Gasteiger partial charge in [-0.15, -0.1) is 0 Å². The van der Waals surface area contributed by atoms with Crippen LogP contribution in [-0.2, 0) is 6.54 Å². The molecule has 2 unspecified atom stereocenters. The van der Waals surface area contributed by atoms with E-state index in [-0.39, 0.29) is 17.7 Å². The summed E-state index contributed by atoms with van der Waals surface area (Å²) in [5, 5.41) is 0. The van der Waals surface area contributed by atoms with Gasteiger partial charge in [0.05, 0.1) is 19.3 Å². The zero-order chi connectivity index (χ0) is 16.9. The molecule has 2 nitrogen and oxygen atoms in total. The number of methoxy groups -OCH3 is 1. The Bertz CT molecular complexity index is 548. The van der Waals surface area contributed by atoms with Crippen LogP contribution in [0.15, 0.2) is 35.2 Å². The van der Waals surface area contributed by atoms with Crippen molar-refractivity contribution in [3.8, 4) is 5.75 Å². The number of benzene rings is 1. The Hall–Kier alpha value is -1.00. The monoisotopic (exact) mass is 337 g/mol. The van der Waals surface area contributed by atoms with Crippen LogP contribution in [0.4, 0.5) is 3.89 Å². The van der Waals surface area contributed by atoms with E-state index in [1.54, 1.807) is 13.2 Å². The Morgan fingerprint density at radius 1 is 1.43 bits per heavy atom. The minimum Gasteiger partial charge on any atom is -0.496 e. The van der Waals surface area contributed by atoms with Crippen molar-refractivity contribution in [2.75, 3.05) is 14.2 Å². The van der Waals surface area contributed by atoms with Crippen LogP contribution in [0.3, 0.4) is 0 Å². The molecular weight excluding hydrogens is 309 g/mol. The molecule has 23 heavy (non-hydrogen) atoms. The molecule has 2 atom stereocenters. The zero-order valence-electron chi connectivity index (χ0n) is 14.6. The zero-order valence-corrected chi connectivity index (χ0v) is 15.5. The maximum Gasteiger partial charge on any atom is 0.123 e. The van der Waals surface area contributed by atoms with Gasteiger partial charge in [-0.3, -0.25) is 4.90 Å². The van der Waals surface area contributed by atoms with Crippen molar-refractivity contribution in [2.24, 2.45) is 5.92 Å². The minimum atomic E-state index is 0.147. The molecule has 1 aromatic rings. The van der Waals surface area contributed by atoms with Crippen LogP contribution in [0.5, 0.6) is 5.75 Å². The summed E-state index contributed by atoms with van der Waals surface area (Å²) in [4.78, 5) is 3.04. The molecule has 0 radical (unpaired) electrons. The van der Waals surface area contributed by atoms with Crippen LogP contribution in [0.2, 0.25) is 0 Å². The highest BCUT2D eigenvalue weighted by Crippen LogP contribution is 2.35. The predicted molar refractivity (Wildman–Crippen MR) is 96.6 cm³/mol.